The van der Waals surface area contributed by atoms with E-state index < -0.39 is 11.9 Å². The first kappa shape index (κ1) is 21.8. The van der Waals surface area contributed by atoms with Crippen LogP contribution in [0.25, 0.3) is 0 Å². The van der Waals surface area contributed by atoms with Gasteiger partial charge in [-0.2, -0.15) is 0 Å². The minimum absolute atomic E-state index is 0.0338. The van der Waals surface area contributed by atoms with Crippen molar-refractivity contribution in [3.8, 4) is 0 Å². The van der Waals surface area contributed by atoms with Crippen molar-refractivity contribution < 1.29 is 33.9 Å². The van der Waals surface area contributed by atoms with Crippen LogP contribution in [0.15, 0.2) is 48.6 Å². The molecule has 0 aliphatic heterocycles. The number of Topliss-reactive ketones (excluding diaryl/α,β-unsaturated/α-hetero) is 2. The van der Waals surface area contributed by atoms with Crippen LogP contribution in [0.4, 0.5) is 0 Å². The van der Waals surface area contributed by atoms with Crippen LogP contribution in [0.3, 0.4) is 0 Å². The predicted molar refractivity (Wildman–Crippen MR) is 92.8 cm³/mol. The average Bonchev–Trinajstić information content (AvgIpc) is 2.54. The first-order valence-corrected chi connectivity index (χ1v) is 7.35. The van der Waals surface area contributed by atoms with E-state index in [1.165, 1.54) is 50.6 Å². The van der Waals surface area contributed by atoms with Crippen molar-refractivity contribution in [2.75, 3.05) is 13.1 Å². The molecule has 132 valence electrons. The lowest BCUT2D eigenvalue weighted by Crippen LogP contribution is -2.70. The molecule has 0 aliphatic rings. The molecular formula is C18H22N2O5+2. The quantitative estimate of drug-likeness (QED) is 0.153. The van der Waals surface area contributed by atoms with Crippen LogP contribution in [0.2, 0.25) is 0 Å². The molecule has 0 fully saturated rings. The van der Waals surface area contributed by atoms with Gasteiger partial charge in [0.2, 0.25) is 0 Å². The van der Waals surface area contributed by atoms with Gasteiger partial charge in [-0.05, 0) is 0 Å². The van der Waals surface area contributed by atoms with Crippen molar-refractivity contribution >= 4 is 35.9 Å². The number of hydrogen-bond acceptors (Lipinski definition) is 5. The van der Waals surface area contributed by atoms with Crippen LogP contribution < -0.4 is 9.98 Å². The molecule has 0 amide bonds. The highest BCUT2D eigenvalue weighted by atomic mass is 16.6. The number of allylic oxidation sites excluding steroid dienone is 2. The van der Waals surface area contributed by atoms with Gasteiger partial charge < -0.3 is 4.74 Å². The number of hydrogen-bond donors (Lipinski definition) is 2. The summed E-state index contributed by atoms with van der Waals surface area (Å²) < 4.78 is 4.73. The van der Waals surface area contributed by atoms with Crippen LogP contribution >= 0.6 is 0 Å². The number of carbonyl (C=O) groups is 4. The SMILES string of the molecule is C=C/C(=C\C=[NH+]CC(C)=O)C(=O)OC(=O)/C(C=C)=C/C=[NH+]CC(C)=O. The Hall–Kier alpha value is -3.22. The summed E-state index contributed by atoms with van der Waals surface area (Å²) in [6, 6.07) is 0. The van der Waals surface area contributed by atoms with Crippen molar-refractivity contribution in [3.63, 3.8) is 0 Å². The Labute approximate surface area is 146 Å². The second-order valence-electron chi connectivity index (χ2n) is 4.83. The number of nitrogens with one attached hydrogen (secondary N) is 2. The lowest BCUT2D eigenvalue weighted by molar-refractivity contribution is -0.437. The van der Waals surface area contributed by atoms with Crippen LogP contribution in [0.1, 0.15) is 13.8 Å². The van der Waals surface area contributed by atoms with Gasteiger partial charge in [-0.25, -0.2) is 19.6 Å². The Morgan fingerprint density at radius 3 is 1.44 bits per heavy atom. The van der Waals surface area contributed by atoms with Crippen molar-refractivity contribution in [1.82, 2.24) is 0 Å². The zero-order valence-electron chi connectivity index (χ0n) is 14.3. The molecule has 0 aromatic carbocycles. The molecule has 0 aromatic heterocycles. The highest BCUT2D eigenvalue weighted by Crippen LogP contribution is 2.04. The summed E-state index contributed by atoms with van der Waals surface area (Å²) in [6.45, 7) is 9.99. The Balaban J connectivity index is 4.95. The Bertz CT molecular complexity index is 624. The lowest BCUT2D eigenvalue weighted by atomic mass is 10.2. The highest BCUT2D eigenvalue weighted by molar-refractivity contribution is 6.06. The molecule has 0 saturated carbocycles. The first-order chi connectivity index (χ1) is 11.8. The number of carbonyl (C=O) groups excluding carboxylic acids is 4. The normalized spacial score (nSPS) is 12.2. The third kappa shape index (κ3) is 10.2. The maximum absolute atomic E-state index is 11.9. The molecule has 0 bridgehead atoms. The molecule has 25 heavy (non-hydrogen) atoms. The molecule has 0 unspecified atom stereocenters. The zero-order chi connectivity index (χ0) is 19.2. The van der Waals surface area contributed by atoms with E-state index in [4.69, 9.17) is 4.74 Å². The monoisotopic (exact) mass is 346 g/mol. The van der Waals surface area contributed by atoms with E-state index in [0.29, 0.717) is 0 Å². The average molecular weight is 346 g/mol. The summed E-state index contributed by atoms with van der Waals surface area (Å²) in [7, 11) is 0. The van der Waals surface area contributed by atoms with Crippen molar-refractivity contribution in [3.05, 3.63) is 48.6 Å². The highest BCUT2D eigenvalue weighted by Gasteiger charge is 2.16. The summed E-state index contributed by atoms with van der Waals surface area (Å²) in [4.78, 5) is 50.8. The van der Waals surface area contributed by atoms with Crippen LogP contribution in [0, 0.1) is 0 Å². The largest absolute Gasteiger partial charge is 0.386 e. The molecule has 2 N–H and O–H groups in total. The summed E-state index contributed by atoms with van der Waals surface area (Å²) in [5.74, 6) is -1.94. The van der Waals surface area contributed by atoms with E-state index in [9.17, 15) is 19.2 Å². The van der Waals surface area contributed by atoms with Crippen LogP contribution in [-0.2, 0) is 23.9 Å². The van der Waals surface area contributed by atoms with Crippen LogP contribution in [0.5, 0.6) is 0 Å². The topological polar surface area (TPSA) is 105 Å². The van der Waals surface area contributed by atoms with E-state index in [-0.39, 0.29) is 35.8 Å². The third-order valence-electron chi connectivity index (χ3n) is 2.56. The molecular weight excluding hydrogens is 324 g/mol. The minimum atomic E-state index is -0.898. The lowest BCUT2D eigenvalue weighted by Gasteiger charge is -2.02. The van der Waals surface area contributed by atoms with Gasteiger partial charge in [0.1, 0.15) is 0 Å². The summed E-state index contributed by atoms with van der Waals surface area (Å²) in [5.41, 5.74) is 0.0676. The van der Waals surface area contributed by atoms with E-state index in [0.717, 1.165) is 0 Å². The van der Waals surface area contributed by atoms with Crippen molar-refractivity contribution in [2.24, 2.45) is 0 Å². The molecule has 0 saturated heterocycles. The van der Waals surface area contributed by atoms with E-state index >= 15 is 0 Å². The fourth-order valence-corrected chi connectivity index (χ4v) is 1.34. The van der Waals surface area contributed by atoms with Gasteiger partial charge in [0, 0.05) is 26.0 Å². The van der Waals surface area contributed by atoms with Gasteiger partial charge in [0.25, 0.3) is 0 Å². The van der Waals surface area contributed by atoms with Crippen molar-refractivity contribution in [2.45, 2.75) is 13.8 Å². The van der Waals surface area contributed by atoms with E-state index in [2.05, 4.69) is 23.1 Å². The molecule has 0 heterocycles. The van der Waals surface area contributed by atoms with Gasteiger partial charge in [-0.1, -0.05) is 25.3 Å². The molecule has 7 nitrogen and oxygen atoms in total. The maximum atomic E-state index is 11.9. The second-order valence-corrected chi connectivity index (χ2v) is 4.83. The third-order valence-corrected chi connectivity index (χ3v) is 2.56. The van der Waals surface area contributed by atoms with Gasteiger partial charge in [0.05, 0.1) is 11.1 Å². The fraction of sp³-hybridized carbons (Fsp3) is 0.222. The molecule has 0 aliphatic carbocycles. The van der Waals surface area contributed by atoms with Gasteiger partial charge in [-0.3, -0.25) is 9.59 Å². The minimum Gasteiger partial charge on any atom is -0.386 e. The predicted octanol–water partition coefficient (Wildman–Crippen LogP) is -2.24. The van der Waals surface area contributed by atoms with Crippen LogP contribution in [-0.4, -0.2) is 49.0 Å². The summed E-state index contributed by atoms with van der Waals surface area (Å²) >= 11 is 0. The Morgan fingerprint density at radius 2 is 1.16 bits per heavy atom. The first-order valence-electron chi connectivity index (χ1n) is 7.35. The molecule has 0 radical (unpaired) electrons. The number of ketones is 2. The Kier molecular flexibility index (Phi) is 10.7. The second kappa shape index (κ2) is 12.2. The van der Waals surface area contributed by atoms with E-state index in [1.54, 1.807) is 0 Å². The van der Waals surface area contributed by atoms with E-state index in [1.807, 2.05) is 0 Å². The molecule has 7 heteroatoms. The fourth-order valence-electron chi connectivity index (χ4n) is 1.34. The zero-order valence-corrected chi connectivity index (χ0v) is 14.3. The summed E-state index contributed by atoms with van der Waals surface area (Å²) in [6.07, 6.45) is 7.88. The Morgan fingerprint density at radius 1 is 0.800 bits per heavy atom. The molecule has 0 atom stereocenters. The van der Waals surface area contributed by atoms with Gasteiger partial charge in [0.15, 0.2) is 37.1 Å². The molecule has 0 spiro atoms. The number of rotatable bonds is 10. The smallest absolute Gasteiger partial charge is 0.346 e. The molecule has 0 rings (SSSR count). The molecule has 0 aromatic rings. The standard InChI is InChI=1S/C18H20N2O5/c1-5-15(7-9-19-11-13(3)21)17(23)25-18(24)16(6-2)8-10-20-12-14(4)22/h5-10H,1-2,11-12H2,3-4H3/p+2/b15-7+,16-8+,19-9?,20-10?. The van der Waals surface area contributed by atoms with Gasteiger partial charge >= 0.3 is 11.9 Å². The van der Waals surface area contributed by atoms with Crippen molar-refractivity contribution in [1.29, 1.82) is 0 Å². The maximum Gasteiger partial charge on any atom is 0.346 e. The number of ether oxygens (including phenoxy) is 1. The van der Waals surface area contributed by atoms with Gasteiger partial charge in [-0.15, -0.1) is 0 Å². The summed E-state index contributed by atoms with van der Waals surface area (Å²) in [5, 5.41) is 0. The number of esters is 2.